The highest BCUT2D eigenvalue weighted by Crippen LogP contribution is 2.32. The normalized spacial score (nSPS) is 19.6. The first kappa shape index (κ1) is 25.6. The zero-order valence-electron chi connectivity index (χ0n) is 20.6. The summed E-state index contributed by atoms with van der Waals surface area (Å²) in [6.07, 6.45) is 1.02. The molecule has 0 saturated carbocycles. The van der Waals surface area contributed by atoms with Gasteiger partial charge in [0.05, 0.1) is 12.7 Å². The lowest BCUT2D eigenvalue weighted by molar-refractivity contribution is -0.389. The topological polar surface area (TPSA) is 105 Å². The number of ether oxygens (including phenoxy) is 3. The monoisotopic (exact) mass is 533 g/mol. The second-order valence-electron chi connectivity index (χ2n) is 9.79. The summed E-state index contributed by atoms with van der Waals surface area (Å²) in [6, 6.07) is 10.0. The molecule has 1 fully saturated rings. The smallest absolute Gasteiger partial charge is 0.488 e. The number of benzene rings is 1. The number of alkyl halides is 3. The number of rotatable bonds is 8. The Morgan fingerprint density at radius 2 is 1.87 bits per heavy atom. The molecule has 2 aliphatic heterocycles. The van der Waals surface area contributed by atoms with Crippen LogP contribution in [-0.2, 0) is 13.0 Å². The predicted molar refractivity (Wildman–Crippen MR) is 129 cm³/mol. The third kappa shape index (κ3) is 6.09. The lowest BCUT2D eigenvalue weighted by Crippen LogP contribution is -2.38. The maximum atomic E-state index is 12.3. The number of anilines is 1. The van der Waals surface area contributed by atoms with Crippen molar-refractivity contribution in [2.75, 3.05) is 24.6 Å². The van der Waals surface area contributed by atoms with Crippen LogP contribution in [0.2, 0.25) is 0 Å². The fourth-order valence-electron chi connectivity index (χ4n) is 4.76. The van der Waals surface area contributed by atoms with E-state index in [1.807, 2.05) is 19.1 Å². The second-order valence-corrected chi connectivity index (χ2v) is 9.79. The number of hydrogen-bond donors (Lipinski definition) is 0. The minimum absolute atomic E-state index is 0.201. The number of pyridine rings is 1. The minimum Gasteiger partial charge on any atom is -0.488 e. The molecule has 13 heteroatoms. The van der Waals surface area contributed by atoms with Crippen LogP contribution in [0.5, 0.6) is 17.5 Å². The summed E-state index contributed by atoms with van der Waals surface area (Å²) in [6.45, 7) is 4.12. The number of nitro groups is 1. The Bertz CT molecular complexity index is 1250. The molecule has 2 aliphatic rings. The van der Waals surface area contributed by atoms with Gasteiger partial charge in [0.25, 0.3) is 0 Å². The van der Waals surface area contributed by atoms with Crippen LogP contribution in [0.4, 0.5) is 24.8 Å². The quantitative estimate of drug-likeness (QED) is 0.301. The van der Waals surface area contributed by atoms with E-state index in [2.05, 4.69) is 19.6 Å². The van der Waals surface area contributed by atoms with Gasteiger partial charge in [-0.1, -0.05) is 12.1 Å². The lowest BCUT2D eigenvalue weighted by atomic mass is 9.90. The Hall–Kier alpha value is -4.03. The first-order chi connectivity index (χ1) is 18.1. The van der Waals surface area contributed by atoms with E-state index in [0.29, 0.717) is 18.2 Å². The van der Waals surface area contributed by atoms with Crippen molar-refractivity contribution in [1.29, 1.82) is 0 Å². The summed E-state index contributed by atoms with van der Waals surface area (Å²) >= 11 is 0. The van der Waals surface area contributed by atoms with E-state index in [-0.39, 0.29) is 24.2 Å². The number of imidazole rings is 1. The molecule has 0 bridgehead atoms. The molecule has 3 aromatic rings. The third-order valence-electron chi connectivity index (χ3n) is 6.64. The SMILES string of the molecule is C[C@]1(COc2ccc(N3CCC(Cc4ccc(OC(F)(F)F)cc4)CC3)nc2)Cn2cc([N+](=O)[O-])nc2O1. The van der Waals surface area contributed by atoms with Crippen molar-refractivity contribution in [1.82, 2.24) is 14.5 Å². The van der Waals surface area contributed by atoms with Crippen LogP contribution in [0.3, 0.4) is 0 Å². The van der Waals surface area contributed by atoms with Crippen molar-refractivity contribution < 1.29 is 32.3 Å². The summed E-state index contributed by atoms with van der Waals surface area (Å²) in [5.41, 5.74) is 0.281. The Labute approximate surface area is 216 Å². The molecule has 0 unspecified atom stereocenters. The molecular weight excluding hydrogens is 507 g/mol. The van der Waals surface area contributed by atoms with Crippen molar-refractivity contribution in [3.8, 4) is 17.5 Å². The molecule has 202 valence electrons. The van der Waals surface area contributed by atoms with Gasteiger partial charge in [0, 0.05) is 18.1 Å². The van der Waals surface area contributed by atoms with Crippen molar-refractivity contribution >= 4 is 11.6 Å². The van der Waals surface area contributed by atoms with Gasteiger partial charge >= 0.3 is 18.2 Å². The first-order valence-electron chi connectivity index (χ1n) is 12.1. The first-order valence-corrected chi connectivity index (χ1v) is 12.1. The number of aromatic nitrogens is 3. The van der Waals surface area contributed by atoms with Crippen LogP contribution in [0.25, 0.3) is 0 Å². The van der Waals surface area contributed by atoms with Gasteiger partial charge in [-0.15, -0.1) is 13.2 Å². The van der Waals surface area contributed by atoms with E-state index in [1.165, 1.54) is 18.3 Å². The van der Waals surface area contributed by atoms with Crippen molar-refractivity contribution in [2.24, 2.45) is 5.92 Å². The number of hydrogen-bond acceptors (Lipinski definition) is 8. The van der Waals surface area contributed by atoms with Crippen LogP contribution in [-0.4, -0.2) is 51.1 Å². The Morgan fingerprint density at radius 1 is 1.16 bits per heavy atom. The van der Waals surface area contributed by atoms with Gasteiger partial charge in [-0.05, 0) is 66.9 Å². The second kappa shape index (κ2) is 10.0. The van der Waals surface area contributed by atoms with E-state index in [4.69, 9.17) is 9.47 Å². The Kier molecular flexibility index (Phi) is 6.76. The summed E-state index contributed by atoms with van der Waals surface area (Å²) < 4.78 is 54.2. The summed E-state index contributed by atoms with van der Waals surface area (Å²) in [5, 5.41) is 10.9. The molecule has 5 rings (SSSR count). The van der Waals surface area contributed by atoms with Crippen LogP contribution in [0.1, 0.15) is 25.3 Å². The molecule has 0 amide bonds. The predicted octanol–water partition coefficient (Wildman–Crippen LogP) is 4.77. The van der Waals surface area contributed by atoms with Crippen LogP contribution in [0.15, 0.2) is 48.8 Å². The van der Waals surface area contributed by atoms with E-state index in [9.17, 15) is 23.3 Å². The molecule has 0 spiro atoms. The van der Waals surface area contributed by atoms with E-state index < -0.39 is 16.9 Å². The lowest BCUT2D eigenvalue weighted by Gasteiger charge is -2.33. The summed E-state index contributed by atoms with van der Waals surface area (Å²) in [7, 11) is 0. The van der Waals surface area contributed by atoms with Crippen molar-refractivity contribution in [2.45, 2.75) is 44.7 Å². The average Bonchev–Trinajstić information content (AvgIpc) is 3.40. The van der Waals surface area contributed by atoms with Crippen molar-refractivity contribution in [3.63, 3.8) is 0 Å². The largest absolute Gasteiger partial charge is 0.573 e. The van der Waals surface area contributed by atoms with Gasteiger partial charge in [-0.3, -0.25) is 4.57 Å². The van der Waals surface area contributed by atoms with E-state index in [1.54, 1.807) is 22.9 Å². The van der Waals surface area contributed by atoms with Gasteiger partial charge in [0.1, 0.15) is 30.1 Å². The number of nitrogens with zero attached hydrogens (tertiary/aromatic N) is 5. The maximum absolute atomic E-state index is 12.3. The highest BCUT2D eigenvalue weighted by atomic mass is 19.4. The van der Waals surface area contributed by atoms with E-state index in [0.717, 1.165) is 43.7 Å². The van der Waals surface area contributed by atoms with Crippen molar-refractivity contribution in [3.05, 3.63) is 64.5 Å². The van der Waals surface area contributed by atoms with Crippen LogP contribution in [0, 0.1) is 16.0 Å². The summed E-state index contributed by atoms with van der Waals surface area (Å²) in [4.78, 5) is 20.9. The van der Waals surface area contributed by atoms with Crippen LogP contribution >= 0.6 is 0 Å². The number of piperidine rings is 1. The summed E-state index contributed by atoms with van der Waals surface area (Å²) in [5.74, 6) is 1.41. The molecule has 2 aromatic heterocycles. The molecule has 1 aromatic carbocycles. The van der Waals surface area contributed by atoms with Gasteiger partial charge in [0.2, 0.25) is 0 Å². The molecule has 0 radical (unpaired) electrons. The fourth-order valence-corrected chi connectivity index (χ4v) is 4.76. The highest BCUT2D eigenvalue weighted by Gasteiger charge is 2.41. The highest BCUT2D eigenvalue weighted by molar-refractivity contribution is 5.41. The molecule has 1 atom stereocenters. The van der Waals surface area contributed by atoms with Gasteiger partial charge < -0.3 is 29.2 Å². The van der Waals surface area contributed by atoms with Gasteiger partial charge in [0.15, 0.2) is 5.60 Å². The molecule has 38 heavy (non-hydrogen) atoms. The van der Waals surface area contributed by atoms with Gasteiger partial charge in [-0.2, -0.15) is 0 Å². The molecule has 0 N–H and O–H groups in total. The van der Waals surface area contributed by atoms with Gasteiger partial charge in [-0.25, -0.2) is 4.98 Å². The molecule has 1 saturated heterocycles. The average molecular weight is 534 g/mol. The molecular formula is C25H26F3N5O5. The molecule has 0 aliphatic carbocycles. The fraction of sp³-hybridized carbons (Fsp3) is 0.440. The zero-order chi connectivity index (χ0) is 26.9. The number of fused-ring (bicyclic) bond motifs is 1. The van der Waals surface area contributed by atoms with E-state index >= 15 is 0 Å². The Balaban J connectivity index is 1.07. The third-order valence-corrected chi connectivity index (χ3v) is 6.64. The number of halogens is 3. The standard InChI is InChI=1S/C25H26F3N5O5/c1-24(15-32-14-22(33(34)35)30-23(32)38-24)16-36-20-6-7-21(29-13-20)31-10-8-18(9-11-31)12-17-2-4-19(5-3-17)37-25(26,27)28/h2-7,13-14,18H,8-12,15-16H2,1H3/t24-/m1/s1. The zero-order valence-corrected chi connectivity index (χ0v) is 20.6. The maximum Gasteiger partial charge on any atom is 0.573 e. The van der Waals surface area contributed by atoms with Crippen LogP contribution < -0.4 is 19.1 Å². The minimum atomic E-state index is -4.69. The molecule has 10 nitrogen and oxygen atoms in total. The molecule has 4 heterocycles. The Morgan fingerprint density at radius 3 is 2.47 bits per heavy atom.